The topological polar surface area (TPSA) is 169 Å². The second kappa shape index (κ2) is 8.64. The van der Waals surface area contributed by atoms with Crippen molar-refractivity contribution in [3.8, 4) is 0 Å². The van der Waals surface area contributed by atoms with Gasteiger partial charge in [0.1, 0.15) is 16.2 Å². The van der Waals surface area contributed by atoms with Crippen molar-refractivity contribution in [2.45, 2.75) is 37.2 Å². The molecule has 1 heterocycles. The van der Waals surface area contributed by atoms with E-state index in [0.717, 1.165) is 6.26 Å². The third kappa shape index (κ3) is 4.67. The van der Waals surface area contributed by atoms with E-state index in [1.54, 1.807) is 24.3 Å². The van der Waals surface area contributed by atoms with Gasteiger partial charge in [-0.3, -0.25) is 18.6 Å². The highest BCUT2D eigenvalue weighted by Crippen LogP contribution is 2.57. The number of Topliss-reactive ketones (excluding diaryl/α,β-unsaturated/α-hetero) is 1. The number of hydrogen-bond acceptors (Lipinski definition) is 9. The number of hydrogen-bond donors (Lipinski definition) is 6. The zero-order valence-electron chi connectivity index (χ0n) is 19.3. The van der Waals surface area contributed by atoms with Gasteiger partial charge in [0, 0.05) is 11.1 Å². The van der Waals surface area contributed by atoms with E-state index in [1.165, 1.54) is 18.2 Å². The number of aliphatic hydroxyl groups excluding tert-OH is 1. The first kappa shape index (κ1) is 25.2. The van der Waals surface area contributed by atoms with E-state index in [1.807, 2.05) is 13.8 Å². The Morgan fingerprint density at radius 1 is 1.17 bits per heavy atom. The SMILES string of the molecule is CC(C)CC[C@]1(O)C(=O)C(C2=NS(O)(O)c3cc(NS(C)(=O)=O)ccc3N2)=C(O)c2ccccc21. The van der Waals surface area contributed by atoms with Crippen LogP contribution in [0, 0.1) is 5.92 Å². The molecule has 35 heavy (non-hydrogen) atoms. The average Bonchev–Trinajstić information content (AvgIpc) is 2.76. The van der Waals surface area contributed by atoms with Gasteiger partial charge in [-0.2, -0.15) is 0 Å². The summed E-state index contributed by atoms with van der Waals surface area (Å²) in [7, 11) is -7.50. The van der Waals surface area contributed by atoms with Crippen LogP contribution in [-0.2, 0) is 20.4 Å². The molecule has 0 aromatic heterocycles. The van der Waals surface area contributed by atoms with Gasteiger partial charge in [0.15, 0.2) is 11.4 Å². The second-order valence-electron chi connectivity index (χ2n) is 9.06. The Morgan fingerprint density at radius 2 is 1.86 bits per heavy atom. The van der Waals surface area contributed by atoms with E-state index in [0.29, 0.717) is 6.42 Å². The summed E-state index contributed by atoms with van der Waals surface area (Å²) in [6.07, 6.45) is 1.58. The van der Waals surface area contributed by atoms with Crippen molar-refractivity contribution >= 4 is 49.6 Å². The summed E-state index contributed by atoms with van der Waals surface area (Å²) in [5.74, 6) is -1.36. The van der Waals surface area contributed by atoms with E-state index in [9.17, 15) is 32.5 Å². The van der Waals surface area contributed by atoms with E-state index < -0.39 is 37.9 Å². The number of carbonyl (C=O) groups excluding carboxylic acids is 1. The van der Waals surface area contributed by atoms with Gasteiger partial charge < -0.3 is 15.5 Å². The lowest BCUT2D eigenvalue weighted by molar-refractivity contribution is -0.135. The van der Waals surface area contributed by atoms with Crippen molar-refractivity contribution < 1.29 is 32.5 Å². The van der Waals surface area contributed by atoms with Gasteiger partial charge in [-0.25, -0.2) is 8.42 Å². The summed E-state index contributed by atoms with van der Waals surface area (Å²) in [4.78, 5) is 13.6. The van der Waals surface area contributed by atoms with Gasteiger partial charge in [-0.1, -0.05) is 48.9 Å². The molecule has 10 nitrogen and oxygen atoms in total. The van der Waals surface area contributed by atoms with Gasteiger partial charge in [0.05, 0.1) is 17.6 Å². The van der Waals surface area contributed by atoms with Crippen LogP contribution in [0.15, 0.2) is 57.3 Å². The normalized spacial score (nSPS) is 22.1. The fraction of sp³-hybridized carbons (Fsp3) is 0.304. The lowest BCUT2D eigenvalue weighted by atomic mass is 9.74. The second-order valence-corrected chi connectivity index (χ2v) is 12.5. The lowest BCUT2D eigenvalue weighted by Crippen LogP contribution is -2.44. The number of anilines is 2. The maximum absolute atomic E-state index is 13.6. The predicted octanol–water partition coefficient (Wildman–Crippen LogP) is 4.08. The number of carbonyl (C=O) groups is 1. The molecule has 0 bridgehead atoms. The number of nitrogens with one attached hydrogen (secondary N) is 2. The van der Waals surface area contributed by atoms with E-state index in [2.05, 4.69) is 14.4 Å². The number of fused-ring (bicyclic) bond motifs is 2. The fourth-order valence-electron chi connectivity index (χ4n) is 4.15. The van der Waals surface area contributed by atoms with Crippen molar-refractivity contribution in [2.75, 3.05) is 16.3 Å². The fourth-order valence-corrected chi connectivity index (χ4v) is 5.90. The standard InChI is InChI=1S/C23H27N3O7S2/c1-13(2)10-11-23(29)16-7-5-4-6-15(16)20(27)19(21(23)28)22-24-17-9-8-14(25-34(3,30)31)12-18(17)35(32,33)26-22/h4-9,12-13,25,27,29,32-33H,10-11H2,1-3H3,(H,24,26)/t23-/m1/s1. The van der Waals surface area contributed by atoms with Crippen LogP contribution < -0.4 is 10.0 Å². The molecule has 2 aromatic rings. The largest absolute Gasteiger partial charge is 0.506 e. The molecule has 0 saturated heterocycles. The van der Waals surface area contributed by atoms with Gasteiger partial charge in [-0.05, 0) is 37.0 Å². The first-order valence-corrected chi connectivity index (χ1v) is 14.2. The van der Waals surface area contributed by atoms with Crippen molar-refractivity contribution in [1.29, 1.82) is 0 Å². The van der Waals surface area contributed by atoms with E-state index >= 15 is 0 Å². The summed E-state index contributed by atoms with van der Waals surface area (Å²) >= 11 is 0. The maximum Gasteiger partial charge on any atom is 0.229 e. The molecule has 0 spiro atoms. The Kier molecular flexibility index (Phi) is 6.22. The molecule has 6 N–H and O–H groups in total. The number of aliphatic hydroxyl groups is 2. The average molecular weight is 522 g/mol. The Morgan fingerprint density at radius 3 is 2.51 bits per heavy atom. The molecule has 0 saturated carbocycles. The van der Waals surface area contributed by atoms with Crippen LogP contribution in [0.3, 0.4) is 0 Å². The highest BCUT2D eigenvalue weighted by atomic mass is 32.3. The maximum atomic E-state index is 13.6. The minimum absolute atomic E-state index is 0.0892. The summed E-state index contributed by atoms with van der Waals surface area (Å²) < 4.78 is 50.8. The highest BCUT2D eigenvalue weighted by molar-refractivity contribution is 8.23. The Hall–Kier alpha value is -2.90. The van der Waals surface area contributed by atoms with Gasteiger partial charge in [0.2, 0.25) is 15.8 Å². The molecule has 1 aliphatic carbocycles. The van der Waals surface area contributed by atoms with Crippen molar-refractivity contribution in [3.63, 3.8) is 0 Å². The third-order valence-electron chi connectivity index (χ3n) is 5.84. The summed E-state index contributed by atoms with van der Waals surface area (Å²) in [5, 5.41) is 25.4. The Bertz CT molecular complexity index is 1380. The molecule has 4 rings (SSSR count). The summed E-state index contributed by atoms with van der Waals surface area (Å²) in [6, 6.07) is 10.5. The molecule has 0 amide bonds. The van der Waals surface area contributed by atoms with Crippen LogP contribution >= 0.6 is 10.8 Å². The molecule has 12 heteroatoms. The van der Waals surface area contributed by atoms with Gasteiger partial charge in [-0.15, -0.1) is 4.40 Å². The first-order valence-electron chi connectivity index (χ1n) is 10.8. The minimum atomic E-state index is -3.89. The first-order chi connectivity index (χ1) is 16.2. The Labute approximate surface area is 205 Å². The van der Waals surface area contributed by atoms with Crippen molar-refractivity contribution in [2.24, 2.45) is 10.3 Å². The summed E-state index contributed by atoms with van der Waals surface area (Å²) in [5.41, 5.74) is -1.54. The quantitative estimate of drug-likeness (QED) is 0.330. The van der Waals surface area contributed by atoms with E-state index in [4.69, 9.17) is 0 Å². The molecule has 0 unspecified atom stereocenters. The number of sulfonamides is 1. The number of benzene rings is 2. The lowest BCUT2D eigenvalue weighted by Gasteiger charge is -2.38. The monoisotopic (exact) mass is 521 g/mol. The number of rotatable bonds is 6. The summed E-state index contributed by atoms with van der Waals surface area (Å²) in [6.45, 7) is 3.92. The molecule has 2 aliphatic rings. The number of amidine groups is 1. The zero-order chi connectivity index (χ0) is 25.8. The number of ketones is 1. The smallest absolute Gasteiger partial charge is 0.229 e. The molecule has 1 aliphatic heterocycles. The van der Waals surface area contributed by atoms with Crippen LogP contribution in [0.25, 0.3) is 5.76 Å². The molecular weight excluding hydrogens is 494 g/mol. The highest BCUT2D eigenvalue weighted by Gasteiger charge is 2.48. The van der Waals surface area contributed by atoms with Crippen LogP contribution in [-0.4, -0.2) is 45.6 Å². The van der Waals surface area contributed by atoms with Crippen molar-refractivity contribution in [3.05, 3.63) is 59.2 Å². The minimum Gasteiger partial charge on any atom is -0.506 e. The molecule has 0 fully saturated rings. The molecular formula is C23H27N3O7S2. The third-order valence-corrected chi connectivity index (χ3v) is 7.81. The van der Waals surface area contributed by atoms with Crippen molar-refractivity contribution in [1.82, 2.24) is 0 Å². The molecule has 188 valence electrons. The molecule has 2 aromatic carbocycles. The van der Waals surface area contributed by atoms with Crippen LogP contribution in [0.5, 0.6) is 0 Å². The van der Waals surface area contributed by atoms with Crippen LogP contribution in [0.2, 0.25) is 0 Å². The van der Waals surface area contributed by atoms with Crippen LogP contribution in [0.1, 0.15) is 37.8 Å². The Balaban J connectivity index is 1.82. The van der Waals surface area contributed by atoms with E-state index in [-0.39, 0.29) is 51.1 Å². The van der Waals surface area contributed by atoms with Gasteiger partial charge in [0.25, 0.3) is 0 Å². The zero-order valence-corrected chi connectivity index (χ0v) is 20.9. The number of nitrogens with zero attached hydrogens (tertiary/aromatic N) is 1. The van der Waals surface area contributed by atoms with Crippen LogP contribution in [0.4, 0.5) is 11.4 Å². The molecule has 0 radical (unpaired) electrons. The molecule has 1 atom stereocenters. The predicted molar refractivity (Wildman–Crippen MR) is 136 cm³/mol. The van der Waals surface area contributed by atoms with Gasteiger partial charge >= 0.3 is 0 Å².